The van der Waals surface area contributed by atoms with Gasteiger partial charge in [-0.2, -0.15) is 0 Å². The molecule has 3 aliphatic rings. The largest absolute Gasteiger partial charge is 0.392 e. The molecule has 1 spiro atoms. The Morgan fingerprint density at radius 1 is 1.17 bits per heavy atom. The van der Waals surface area contributed by atoms with E-state index in [2.05, 4.69) is 26.8 Å². The van der Waals surface area contributed by atoms with Crippen molar-refractivity contribution in [3.63, 3.8) is 0 Å². The molecular formula is C15H24O3. The number of hydrogen-bond donors (Lipinski definition) is 1. The van der Waals surface area contributed by atoms with Gasteiger partial charge in [-0.15, -0.1) is 0 Å². The SMILES string of the molecule is CC1(C)C2=CCC[C@@H](O)[C@]2(C)CCC12OCCO2. The minimum Gasteiger partial charge on any atom is -0.392 e. The van der Waals surface area contributed by atoms with Crippen LogP contribution in [0.3, 0.4) is 0 Å². The maximum atomic E-state index is 10.4. The first-order chi connectivity index (χ1) is 8.42. The predicted octanol–water partition coefficient (Wildman–Crippen LogP) is 2.64. The summed E-state index contributed by atoms with van der Waals surface area (Å²) in [5, 5.41) is 10.4. The van der Waals surface area contributed by atoms with Crippen LogP contribution in [0.2, 0.25) is 0 Å². The quantitative estimate of drug-likeness (QED) is 0.674. The van der Waals surface area contributed by atoms with E-state index in [4.69, 9.17) is 9.47 Å². The van der Waals surface area contributed by atoms with Crippen LogP contribution in [0.1, 0.15) is 46.5 Å². The van der Waals surface area contributed by atoms with Crippen molar-refractivity contribution in [2.24, 2.45) is 10.8 Å². The molecule has 1 saturated heterocycles. The van der Waals surface area contributed by atoms with Gasteiger partial charge in [-0.25, -0.2) is 0 Å². The molecule has 0 unspecified atom stereocenters. The molecule has 1 N–H and O–H groups in total. The molecule has 3 heteroatoms. The smallest absolute Gasteiger partial charge is 0.177 e. The van der Waals surface area contributed by atoms with E-state index in [1.54, 1.807) is 0 Å². The molecule has 3 nitrogen and oxygen atoms in total. The van der Waals surface area contributed by atoms with Crippen LogP contribution in [0.25, 0.3) is 0 Å². The summed E-state index contributed by atoms with van der Waals surface area (Å²) in [6.45, 7) is 8.00. The molecule has 1 aliphatic heterocycles. The molecule has 18 heavy (non-hydrogen) atoms. The Kier molecular flexibility index (Phi) is 2.68. The lowest BCUT2D eigenvalue weighted by atomic mass is 9.53. The lowest BCUT2D eigenvalue weighted by Gasteiger charge is -2.57. The fourth-order valence-electron chi connectivity index (χ4n) is 4.29. The molecule has 2 fully saturated rings. The Labute approximate surface area is 109 Å². The normalized spacial score (nSPS) is 41.6. The third-order valence-corrected chi connectivity index (χ3v) is 5.49. The second-order valence-corrected chi connectivity index (χ2v) is 6.70. The first kappa shape index (κ1) is 12.6. The van der Waals surface area contributed by atoms with Crippen molar-refractivity contribution < 1.29 is 14.6 Å². The second-order valence-electron chi connectivity index (χ2n) is 6.70. The summed E-state index contributed by atoms with van der Waals surface area (Å²) in [5.41, 5.74) is 1.09. The fourth-order valence-corrected chi connectivity index (χ4v) is 4.29. The van der Waals surface area contributed by atoms with Crippen molar-refractivity contribution in [3.05, 3.63) is 11.6 Å². The van der Waals surface area contributed by atoms with Crippen LogP contribution in [0.4, 0.5) is 0 Å². The van der Waals surface area contributed by atoms with Gasteiger partial charge in [-0.1, -0.05) is 32.4 Å². The highest BCUT2D eigenvalue weighted by molar-refractivity contribution is 5.31. The van der Waals surface area contributed by atoms with Gasteiger partial charge in [-0.05, 0) is 19.3 Å². The summed E-state index contributed by atoms with van der Waals surface area (Å²) in [6, 6.07) is 0. The number of rotatable bonds is 0. The van der Waals surface area contributed by atoms with E-state index >= 15 is 0 Å². The molecular weight excluding hydrogens is 228 g/mol. The van der Waals surface area contributed by atoms with Gasteiger partial charge in [0, 0.05) is 17.3 Å². The molecule has 3 rings (SSSR count). The van der Waals surface area contributed by atoms with Crippen LogP contribution in [-0.4, -0.2) is 30.2 Å². The highest BCUT2D eigenvalue weighted by Gasteiger charge is 2.61. The molecule has 0 aromatic rings. The van der Waals surface area contributed by atoms with E-state index in [9.17, 15) is 5.11 Å². The minimum absolute atomic E-state index is 0.0949. The zero-order chi connectivity index (χ0) is 13.0. The van der Waals surface area contributed by atoms with Gasteiger partial charge in [0.15, 0.2) is 5.79 Å². The van der Waals surface area contributed by atoms with E-state index in [1.165, 1.54) is 5.57 Å². The molecule has 0 bridgehead atoms. The van der Waals surface area contributed by atoms with Gasteiger partial charge in [-0.3, -0.25) is 0 Å². The maximum absolute atomic E-state index is 10.4. The average molecular weight is 252 g/mol. The summed E-state index contributed by atoms with van der Waals surface area (Å²) in [6.07, 6.45) is 5.76. The van der Waals surface area contributed by atoms with Gasteiger partial charge in [0.05, 0.1) is 19.3 Å². The van der Waals surface area contributed by atoms with Crippen LogP contribution >= 0.6 is 0 Å². The summed E-state index contributed by atoms with van der Waals surface area (Å²) < 4.78 is 12.0. The Hall–Kier alpha value is -0.380. The number of fused-ring (bicyclic) bond motifs is 1. The van der Waals surface area contributed by atoms with E-state index in [0.29, 0.717) is 13.2 Å². The number of hydrogen-bond acceptors (Lipinski definition) is 3. The van der Waals surface area contributed by atoms with Crippen molar-refractivity contribution in [2.45, 2.75) is 58.3 Å². The van der Waals surface area contributed by atoms with Crippen LogP contribution in [-0.2, 0) is 9.47 Å². The van der Waals surface area contributed by atoms with Crippen LogP contribution in [0, 0.1) is 10.8 Å². The van der Waals surface area contributed by atoms with E-state index in [0.717, 1.165) is 25.7 Å². The third kappa shape index (κ3) is 1.41. The zero-order valence-corrected chi connectivity index (χ0v) is 11.7. The predicted molar refractivity (Wildman–Crippen MR) is 69.1 cm³/mol. The molecule has 1 saturated carbocycles. The molecule has 0 amide bonds. The topological polar surface area (TPSA) is 38.7 Å². The summed E-state index contributed by atoms with van der Waals surface area (Å²) in [5.74, 6) is -0.463. The molecule has 2 aliphatic carbocycles. The first-order valence-electron chi connectivity index (χ1n) is 7.09. The summed E-state index contributed by atoms with van der Waals surface area (Å²) >= 11 is 0. The van der Waals surface area contributed by atoms with E-state index in [-0.39, 0.29) is 16.9 Å². The third-order valence-electron chi connectivity index (χ3n) is 5.49. The number of aliphatic hydroxyl groups is 1. The second kappa shape index (κ2) is 3.81. The Balaban J connectivity index is 2.04. The lowest BCUT2D eigenvalue weighted by molar-refractivity contribution is -0.245. The highest BCUT2D eigenvalue weighted by atomic mass is 16.7. The molecule has 1 heterocycles. The van der Waals surface area contributed by atoms with Crippen molar-refractivity contribution in [1.82, 2.24) is 0 Å². The standard InChI is InChI=1S/C15H24O3/c1-13(2)11-5-4-6-12(16)14(11,3)7-8-15(13)17-9-10-18-15/h5,12,16H,4,6-10H2,1-3H3/t12-,14-/m1/s1. The Morgan fingerprint density at radius 2 is 1.83 bits per heavy atom. The summed E-state index contributed by atoms with van der Waals surface area (Å²) in [7, 11) is 0. The van der Waals surface area contributed by atoms with Crippen LogP contribution in [0.5, 0.6) is 0 Å². The van der Waals surface area contributed by atoms with Crippen molar-refractivity contribution in [2.75, 3.05) is 13.2 Å². The van der Waals surface area contributed by atoms with E-state index < -0.39 is 5.79 Å². The van der Waals surface area contributed by atoms with Crippen LogP contribution < -0.4 is 0 Å². The Morgan fingerprint density at radius 3 is 2.50 bits per heavy atom. The van der Waals surface area contributed by atoms with Crippen molar-refractivity contribution in [3.8, 4) is 0 Å². The highest BCUT2D eigenvalue weighted by Crippen LogP contribution is 2.61. The monoisotopic (exact) mass is 252 g/mol. The van der Waals surface area contributed by atoms with Gasteiger partial charge < -0.3 is 14.6 Å². The van der Waals surface area contributed by atoms with Gasteiger partial charge in [0.2, 0.25) is 0 Å². The van der Waals surface area contributed by atoms with Crippen molar-refractivity contribution >= 4 is 0 Å². The molecule has 0 radical (unpaired) electrons. The van der Waals surface area contributed by atoms with Gasteiger partial charge in [0.1, 0.15) is 0 Å². The lowest BCUT2D eigenvalue weighted by Crippen LogP contribution is -2.57. The van der Waals surface area contributed by atoms with Gasteiger partial charge in [0.25, 0.3) is 0 Å². The maximum Gasteiger partial charge on any atom is 0.177 e. The van der Waals surface area contributed by atoms with Crippen LogP contribution in [0.15, 0.2) is 11.6 Å². The fraction of sp³-hybridized carbons (Fsp3) is 0.867. The minimum atomic E-state index is -0.463. The molecule has 0 aromatic heterocycles. The first-order valence-corrected chi connectivity index (χ1v) is 7.09. The molecule has 0 aromatic carbocycles. The summed E-state index contributed by atoms with van der Waals surface area (Å²) in [4.78, 5) is 0. The number of ether oxygens (including phenoxy) is 2. The Bertz CT molecular complexity index is 379. The van der Waals surface area contributed by atoms with E-state index in [1.807, 2.05) is 0 Å². The number of aliphatic hydroxyl groups excluding tert-OH is 1. The molecule has 102 valence electrons. The van der Waals surface area contributed by atoms with Crippen molar-refractivity contribution in [1.29, 1.82) is 0 Å². The average Bonchev–Trinajstić information content (AvgIpc) is 2.79. The zero-order valence-electron chi connectivity index (χ0n) is 11.7. The van der Waals surface area contributed by atoms with Gasteiger partial charge >= 0.3 is 0 Å². The molecule has 2 atom stereocenters. The number of allylic oxidation sites excluding steroid dienone is 1.